The van der Waals surface area contributed by atoms with E-state index in [-0.39, 0.29) is 6.04 Å². The lowest BCUT2D eigenvalue weighted by atomic mass is 10.1. The van der Waals surface area contributed by atoms with Crippen LogP contribution in [0.1, 0.15) is 23.9 Å². The second-order valence-electron chi connectivity index (χ2n) is 5.76. The van der Waals surface area contributed by atoms with Crippen LogP contribution in [0, 0.1) is 0 Å². The Balaban J connectivity index is 1.52. The van der Waals surface area contributed by atoms with Gasteiger partial charge in [-0.15, -0.1) is 0 Å². The summed E-state index contributed by atoms with van der Waals surface area (Å²) in [5, 5.41) is 21.6. The molecular weight excluding hydrogens is 328 g/mol. The molecule has 0 fully saturated rings. The number of guanidine groups is 1. The average molecular weight is 349 g/mol. The van der Waals surface area contributed by atoms with Crippen LogP contribution in [-0.4, -0.2) is 45.5 Å². The minimum Gasteiger partial charge on any atom is -0.387 e. The fraction of sp³-hybridized carbons (Fsp3) is 0.438. The lowest BCUT2D eigenvalue weighted by molar-refractivity contribution is 0.180. The number of aliphatic hydroxyl groups is 1. The van der Waals surface area contributed by atoms with Crippen LogP contribution < -0.4 is 10.6 Å². The summed E-state index contributed by atoms with van der Waals surface area (Å²) >= 11 is 5.96. The highest BCUT2D eigenvalue weighted by atomic mass is 35.5. The zero-order valence-electron chi connectivity index (χ0n) is 13.5. The molecule has 0 radical (unpaired) electrons. The van der Waals surface area contributed by atoms with Gasteiger partial charge in [0.1, 0.15) is 12.2 Å². The summed E-state index contributed by atoms with van der Waals surface area (Å²) in [5.74, 6) is 1.68. The Morgan fingerprint density at radius 1 is 1.54 bits per heavy atom. The normalized spacial score (nSPS) is 18.8. The predicted molar refractivity (Wildman–Crippen MR) is 93.0 cm³/mol. The SMILES string of the molecule is CN=C(NCC(O)c1cccc(Cl)c1)NC1CCc2ncnn2C1. The van der Waals surface area contributed by atoms with Crippen LogP contribution in [0.25, 0.3) is 0 Å². The molecule has 24 heavy (non-hydrogen) atoms. The first kappa shape index (κ1) is 16.7. The lowest BCUT2D eigenvalue weighted by Gasteiger charge is -2.25. The maximum Gasteiger partial charge on any atom is 0.191 e. The third kappa shape index (κ3) is 4.04. The molecule has 2 heterocycles. The highest BCUT2D eigenvalue weighted by molar-refractivity contribution is 6.30. The number of aryl methyl sites for hydroxylation is 1. The summed E-state index contributed by atoms with van der Waals surface area (Å²) in [5.41, 5.74) is 0.773. The molecule has 128 valence electrons. The van der Waals surface area contributed by atoms with Crippen LogP contribution in [0.3, 0.4) is 0 Å². The van der Waals surface area contributed by atoms with E-state index < -0.39 is 6.10 Å². The Kier molecular flexibility index (Phi) is 5.32. The summed E-state index contributed by atoms with van der Waals surface area (Å²) < 4.78 is 1.91. The smallest absolute Gasteiger partial charge is 0.191 e. The number of hydrogen-bond acceptors (Lipinski definition) is 4. The van der Waals surface area contributed by atoms with E-state index in [1.807, 2.05) is 16.8 Å². The molecule has 1 aliphatic heterocycles. The zero-order chi connectivity index (χ0) is 16.9. The molecule has 0 amide bonds. The van der Waals surface area contributed by atoms with Gasteiger partial charge >= 0.3 is 0 Å². The van der Waals surface area contributed by atoms with Crippen molar-refractivity contribution < 1.29 is 5.11 Å². The monoisotopic (exact) mass is 348 g/mol. The number of fused-ring (bicyclic) bond motifs is 1. The molecule has 7 nitrogen and oxygen atoms in total. The van der Waals surface area contributed by atoms with Crippen molar-refractivity contribution in [3.8, 4) is 0 Å². The third-order valence-electron chi connectivity index (χ3n) is 4.07. The second-order valence-corrected chi connectivity index (χ2v) is 6.20. The van der Waals surface area contributed by atoms with Gasteiger partial charge < -0.3 is 15.7 Å². The minimum atomic E-state index is -0.657. The van der Waals surface area contributed by atoms with Gasteiger partial charge in [-0.2, -0.15) is 5.10 Å². The Hall–Kier alpha value is -2.12. The van der Waals surface area contributed by atoms with E-state index in [9.17, 15) is 5.11 Å². The highest BCUT2D eigenvalue weighted by Crippen LogP contribution is 2.17. The zero-order valence-corrected chi connectivity index (χ0v) is 14.2. The molecular formula is C16H21ClN6O. The van der Waals surface area contributed by atoms with Gasteiger partial charge in [0, 0.05) is 31.1 Å². The second kappa shape index (κ2) is 7.63. The van der Waals surface area contributed by atoms with Crippen molar-refractivity contribution >= 4 is 17.6 Å². The van der Waals surface area contributed by atoms with Gasteiger partial charge in [0.05, 0.1) is 12.6 Å². The number of nitrogens with one attached hydrogen (secondary N) is 2. The molecule has 3 rings (SSSR count). The number of benzene rings is 1. The standard InChI is InChI=1S/C16H21ClN6O/c1-18-16(19-8-14(24)11-3-2-4-12(17)7-11)22-13-5-6-15-20-10-21-23(15)9-13/h2-4,7,10,13-14,24H,5-6,8-9H2,1H3,(H2,18,19,22). The van der Waals surface area contributed by atoms with Crippen LogP contribution in [-0.2, 0) is 13.0 Å². The molecule has 0 aliphatic carbocycles. The molecule has 1 aromatic heterocycles. The number of aliphatic hydroxyl groups excluding tert-OH is 1. The topological polar surface area (TPSA) is 87.4 Å². The van der Waals surface area contributed by atoms with Gasteiger partial charge in [-0.25, -0.2) is 9.67 Å². The first-order valence-corrected chi connectivity index (χ1v) is 8.31. The van der Waals surface area contributed by atoms with E-state index in [0.717, 1.165) is 30.8 Å². The number of aliphatic imine (C=N–C) groups is 1. The van der Waals surface area contributed by atoms with E-state index in [0.29, 0.717) is 17.5 Å². The van der Waals surface area contributed by atoms with Crippen molar-refractivity contribution in [1.82, 2.24) is 25.4 Å². The Morgan fingerprint density at radius 2 is 2.42 bits per heavy atom. The number of halogens is 1. The third-order valence-corrected chi connectivity index (χ3v) is 4.30. The van der Waals surface area contributed by atoms with Gasteiger partial charge in [-0.3, -0.25) is 4.99 Å². The fourth-order valence-electron chi connectivity index (χ4n) is 2.77. The largest absolute Gasteiger partial charge is 0.387 e. The molecule has 0 saturated carbocycles. The van der Waals surface area contributed by atoms with Crippen molar-refractivity contribution in [1.29, 1.82) is 0 Å². The van der Waals surface area contributed by atoms with Crippen LogP contribution in [0.4, 0.5) is 0 Å². The first-order chi connectivity index (χ1) is 11.7. The van der Waals surface area contributed by atoms with E-state index in [1.54, 1.807) is 25.5 Å². The number of rotatable bonds is 4. The number of hydrogen-bond donors (Lipinski definition) is 3. The van der Waals surface area contributed by atoms with Crippen LogP contribution in [0.2, 0.25) is 5.02 Å². The van der Waals surface area contributed by atoms with Gasteiger partial charge in [0.25, 0.3) is 0 Å². The van der Waals surface area contributed by atoms with E-state index in [4.69, 9.17) is 11.6 Å². The Morgan fingerprint density at radius 3 is 3.21 bits per heavy atom. The fourth-order valence-corrected chi connectivity index (χ4v) is 2.97. The van der Waals surface area contributed by atoms with Crippen molar-refractivity contribution in [3.05, 3.63) is 47.0 Å². The molecule has 2 atom stereocenters. The van der Waals surface area contributed by atoms with Crippen LogP contribution >= 0.6 is 11.6 Å². The van der Waals surface area contributed by atoms with Crippen molar-refractivity contribution in [3.63, 3.8) is 0 Å². The average Bonchev–Trinajstić information content (AvgIpc) is 3.06. The van der Waals surface area contributed by atoms with Crippen LogP contribution in [0.15, 0.2) is 35.6 Å². The Labute approximate surface area is 145 Å². The van der Waals surface area contributed by atoms with Crippen molar-refractivity contribution in [2.75, 3.05) is 13.6 Å². The summed E-state index contributed by atoms with van der Waals surface area (Å²) in [6.45, 7) is 1.11. The number of aromatic nitrogens is 3. The van der Waals surface area contributed by atoms with E-state index >= 15 is 0 Å². The molecule has 1 aromatic carbocycles. The maximum absolute atomic E-state index is 10.3. The van der Waals surface area contributed by atoms with E-state index in [1.165, 1.54) is 0 Å². The number of nitrogens with zero attached hydrogens (tertiary/aromatic N) is 4. The summed E-state index contributed by atoms with van der Waals surface area (Å²) in [4.78, 5) is 8.45. The van der Waals surface area contributed by atoms with E-state index in [2.05, 4.69) is 25.7 Å². The highest BCUT2D eigenvalue weighted by Gasteiger charge is 2.20. The first-order valence-electron chi connectivity index (χ1n) is 7.93. The summed E-state index contributed by atoms with van der Waals surface area (Å²) in [6.07, 6.45) is 2.79. The molecule has 2 unspecified atom stereocenters. The lowest BCUT2D eigenvalue weighted by Crippen LogP contribution is -2.47. The van der Waals surface area contributed by atoms with Gasteiger partial charge in [0.15, 0.2) is 5.96 Å². The van der Waals surface area contributed by atoms with Crippen LogP contribution in [0.5, 0.6) is 0 Å². The molecule has 3 N–H and O–H groups in total. The summed E-state index contributed by atoms with van der Waals surface area (Å²) in [7, 11) is 1.71. The molecule has 2 aromatic rings. The predicted octanol–water partition coefficient (Wildman–Crippen LogP) is 1.14. The Bertz CT molecular complexity index is 716. The van der Waals surface area contributed by atoms with Gasteiger partial charge in [-0.1, -0.05) is 23.7 Å². The molecule has 0 spiro atoms. The van der Waals surface area contributed by atoms with Gasteiger partial charge in [0.2, 0.25) is 0 Å². The summed E-state index contributed by atoms with van der Waals surface area (Å²) in [6, 6.07) is 7.45. The molecule has 0 bridgehead atoms. The molecule has 1 aliphatic rings. The molecule has 0 saturated heterocycles. The van der Waals surface area contributed by atoms with Crippen molar-refractivity contribution in [2.24, 2.45) is 4.99 Å². The van der Waals surface area contributed by atoms with Gasteiger partial charge in [-0.05, 0) is 24.1 Å². The molecule has 8 heteroatoms. The minimum absolute atomic E-state index is 0.230. The van der Waals surface area contributed by atoms with Crippen molar-refractivity contribution in [2.45, 2.75) is 31.5 Å². The maximum atomic E-state index is 10.3. The quantitative estimate of drug-likeness (QED) is 0.570.